The molecular formula is C18H28NO4PS2. The second-order valence-corrected chi connectivity index (χ2v) is 10.2. The number of aromatic nitrogens is 1. The number of pyridine rings is 1. The van der Waals surface area contributed by atoms with Gasteiger partial charge in [-0.05, 0) is 44.6 Å². The molecule has 0 bridgehead atoms. The summed E-state index contributed by atoms with van der Waals surface area (Å²) < 4.78 is 32.1. The predicted molar refractivity (Wildman–Crippen MR) is 111 cm³/mol. The van der Waals surface area contributed by atoms with Crippen molar-refractivity contribution in [3.05, 3.63) is 39.6 Å². The van der Waals surface area contributed by atoms with Gasteiger partial charge in [0.2, 0.25) is 0 Å². The number of nitrogens with zero attached hydrogens (tertiary/aromatic N) is 1. The van der Waals surface area contributed by atoms with E-state index in [0.717, 1.165) is 27.3 Å². The molecule has 0 saturated carbocycles. The maximum atomic E-state index is 13.7. The first-order chi connectivity index (χ1) is 12.6. The van der Waals surface area contributed by atoms with E-state index in [0.29, 0.717) is 19.8 Å². The minimum absolute atomic E-state index is 0.0136. The van der Waals surface area contributed by atoms with Crippen molar-refractivity contribution in [2.75, 3.05) is 25.6 Å². The number of ether oxygens (including phenoxy) is 1. The highest BCUT2D eigenvalue weighted by Crippen LogP contribution is 2.67. The predicted octanol–water partition coefficient (Wildman–Crippen LogP) is 5.85. The van der Waals surface area contributed by atoms with Crippen LogP contribution in [-0.4, -0.2) is 36.0 Å². The van der Waals surface area contributed by atoms with E-state index in [2.05, 4.69) is 11.9 Å². The molecule has 1 aromatic rings. The van der Waals surface area contributed by atoms with Crippen LogP contribution in [-0.2, 0) is 18.3 Å². The third kappa shape index (κ3) is 5.37. The van der Waals surface area contributed by atoms with Crippen molar-refractivity contribution in [3.63, 3.8) is 0 Å². The summed E-state index contributed by atoms with van der Waals surface area (Å²) in [5, 5.41) is 0.766. The Morgan fingerprint density at radius 1 is 1.23 bits per heavy atom. The summed E-state index contributed by atoms with van der Waals surface area (Å²) in [5.74, 6) is 0.780. The standard InChI is InChI=1S/C18H28NO4PS2/c1-5-21-16-12-15(14-10-9-11-19-13-14)17(18(26-16)25-8-4)24(20,22-6-2)23-7-3/h9-11,13,15-16H,5-8,12H2,1-4H3/t15-,16-/m1/s1. The summed E-state index contributed by atoms with van der Waals surface area (Å²) >= 11 is 3.31. The zero-order valence-electron chi connectivity index (χ0n) is 15.8. The maximum Gasteiger partial charge on any atom is 0.359 e. The van der Waals surface area contributed by atoms with Gasteiger partial charge in [0.25, 0.3) is 0 Å². The quantitative estimate of drug-likeness (QED) is 0.442. The van der Waals surface area contributed by atoms with Crippen molar-refractivity contribution >= 4 is 31.1 Å². The number of allylic oxidation sites excluding steroid dienone is 1. The Morgan fingerprint density at radius 2 is 1.96 bits per heavy atom. The van der Waals surface area contributed by atoms with Crippen LogP contribution >= 0.6 is 31.1 Å². The molecule has 1 aromatic heterocycles. The average Bonchev–Trinajstić information content (AvgIpc) is 2.63. The summed E-state index contributed by atoms with van der Waals surface area (Å²) in [6, 6.07) is 3.93. The molecule has 0 fully saturated rings. The van der Waals surface area contributed by atoms with Gasteiger partial charge in [-0.1, -0.05) is 24.8 Å². The van der Waals surface area contributed by atoms with Crippen molar-refractivity contribution in [3.8, 4) is 0 Å². The lowest BCUT2D eigenvalue weighted by atomic mass is 9.97. The molecule has 0 N–H and O–H groups in total. The van der Waals surface area contributed by atoms with E-state index >= 15 is 0 Å². The number of thioether (sulfide) groups is 2. The lowest BCUT2D eigenvalue weighted by Gasteiger charge is -2.35. The molecule has 8 heteroatoms. The molecule has 1 aliphatic heterocycles. The number of rotatable bonds is 10. The highest BCUT2D eigenvalue weighted by Gasteiger charge is 2.43. The molecule has 0 amide bonds. The first-order valence-corrected chi connectivity index (χ1v) is 12.4. The van der Waals surface area contributed by atoms with Gasteiger partial charge >= 0.3 is 7.60 Å². The van der Waals surface area contributed by atoms with Crippen LogP contribution in [0.4, 0.5) is 0 Å². The molecule has 0 saturated heterocycles. The van der Waals surface area contributed by atoms with Gasteiger partial charge < -0.3 is 13.8 Å². The molecule has 0 spiro atoms. The van der Waals surface area contributed by atoms with E-state index in [1.165, 1.54) is 0 Å². The van der Waals surface area contributed by atoms with Crippen LogP contribution in [0.1, 0.15) is 45.6 Å². The minimum atomic E-state index is -3.39. The number of hydrogen-bond acceptors (Lipinski definition) is 7. The largest absolute Gasteiger partial charge is 0.367 e. The third-order valence-corrected chi connectivity index (χ3v) is 8.88. The molecule has 0 unspecified atom stereocenters. The first kappa shape index (κ1) is 22.0. The van der Waals surface area contributed by atoms with Crippen molar-refractivity contribution in [1.29, 1.82) is 0 Å². The van der Waals surface area contributed by atoms with E-state index in [1.807, 2.05) is 39.1 Å². The van der Waals surface area contributed by atoms with E-state index in [4.69, 9.17) is 13.8 Å². The highest BCUT2D eigenvalue weighted by molar-refractivity contribution is 8.22. The van der Waals surface area contributed by atoms with Crippen LogP contribution in [0.2, 0.25) is 0 Å². The van der Waals surface area contributed by atoms with Gasteiger partial charge in [0.05, 0.1) is 22.8 Å². The summed E-state index contributed by atoms with van der Waals surface area (Å²) in [4.78, 5) is 4.26. The van der Waals surface area contributed by atoms with Crippen LogP contribution in [0.25, 0.3) is 0 Å². The molecule has 2 rings (SSSR count). The van der Waals surface area contributed by atoms with E-state index in [1.54, 1.807) is 29.7 Å². The SMILES string of the molecule is CCO[C@H]1C[C@H](c2cccnc2)C(P(=O)(OCC)OCC)=C(SCC)S1. The second kappa shape index (κ2) is 10.9. The first-order valence-electron chi connectivity index (χ1n) is 9.04. The van der Waals surface area contributed by atoms with E-state index in [9.17, 15) is 4.57 Å². The minimum Gasteiger partial charge on any atom is -0.367 e. The van der Waals surface area contributed by atoms with Crippen molar-refractivity contribution in [1.82, 2.24) is 4.98 Å². The zero-order valence-corrected chi connectivity index (χ0v) is 18.4. The van der Waals surface area contributed by atoms with Gasteiger partial charge in [-0.25, -0.2) is 0 Å². The van der Waals surface area contributed by atoms with Crippen LogP contribution < -0.4 is 0 Å². The molecule has 146 valence electrons. The van der Waals surface area contributed by atoms with E-state index < -0.39 is 7.60 Å². The topological polar surface area (TPSA) is 57.7 Å². The fourth-order valence-electron chi connectivity index (χ4n) is 2.90. The van der Waals surface area contributed by atoms with Gasteiger partial charge in [0.15, 0.2) is 0 Å². The second-order valence-electron chi connectivity index (χ2n) is 5.52. The fourth-order valence-corrected chi connectivity index (χ4v) is 8.31. The van der Waals surface area contributed by atoms with Gasteiger partial charge in [0, 0.05) is 24.9 Å². The molecule has 0 aromatic carbocycles. The molecule has 0 radical (unpaired) electrons. The Hall–Kier alpha value is -0.300. The normalized spacial score (nSPS) is 21.2. The fraction of sp³-hybridized carbons (Fsp3) is 0.611. The van der Waals surface area contributed by atoms with Crippen molar-refractivity contribution < 1.29 is 18.3 Å². The third-order valence-electron chi connectivity index (χ3n) is 3.81. The van der Waals surface area contributed by atoms with Gasteiger partial charge in [-0.15, -0.1) is 11.8 Å². The molecule has 26 heavy (non-hydrogen) atoms. The molecule has 1 aliphatic rings. The Kier molecular flexibility index (Phi) is 9.21. The van der Waals surface area contributed by atoms with Gasteiger partial charge in [0.1, 0.15) is 5.44 Å². The van der Waals surface area contributed by atoms with Crippen LogP contribution in [0, 0.1) is 0 Å². The monoisotopic (exact) mass is 417 g/mol. The van der Waals surface area contributed by atoms with Crippen molar-refractivity contribution in [2.45, 2.75) is 45.5 Å². The molecular weight excluding hydrogens is 389 g/mol. The van der Waals surface area contributed by atoms with E-state index in [-0.39, 0.29) is 11.4 Å². The molecule has 2 heterocycles. The van der Waals surface area contributed by atoms with Gasteiger partial charge in [-0.3, -0.25) is 9.55 Å². The Morgan fingerprint density at radius 3 is 2.50 bits per heavy atom. The summed E-state index contributed by atoms with van der Waals surface area (Å²) in [7, 11) is -3.39. The van der Waals surface area contributed by atoms with Crippen molar-refractivity contribution in [2.24, 2.45) is 0 Å². The lowest BCUT2D eigenvalue weighted by molar-refractivity contribution is 0.115. The summed E-state index contributed by atoms with van der Waals surface area (Å²) in [6.45, 7) is 9.09. The Bertz CT molecular complexity index is 631. The van der Waals surface area contributed by atoms with Gasteiger partial charge in [-0.2, -0.15) is 0 Å². The molecule has 2 atom stereocenters. The van der Waals surface area contributed by atoms with Crippen LogP contribution in [0.15, 0.2) is 34.1 Å². The van der Waals surface area contributed by atoms with Crippen LogP contribution in [0.3, 0.4) is 0 Å². The lowest BCUT2D eigenvalue weighted by Crippen LogP contribution is -2.21. The molecule has 0 aliphatic carbocycles. The maximum absolute atomic E-state index is 13.7. The smallest absolute Gasteiger partial charge is 0.359 e. The zero-order chi connectivity index (χ0) is 19.0. The summed E-state index contributed by atoms with van der Waals surface area (Å²) in [6.07, 6.45) is 4.30. The highest BCUT2D eigenvalue weighted by atomic mass is 32.2. The Labute approximate surface area is 165 Å². The Balaban J connectivity index is 2.58. The van der Waals surface area contributed by atoms with Crippen LogP contribution in [0.5, 0.6) is 0 Å². The average molecular weight is 418 g/mol. The molecule has 5 nitrogen and oxygen atoms in total. The number of hydrogen-bond donors (Lipinski definition) is 0. The summed E-state index contributed by atoms with van der Waals surface area (Å²) in [5.41, 5.74) is 1.03.